The molecule has 1 aromatic carbocycles. The lowest BCUT2D eigenvalue weighted by atomic mass is 10.2. The molecule has 0 fully saturated rings. The Bertz CT molecular complexity index is 388. The number of halogens is 2. The number of hydrogen-bond donors (Lipinski definition) is 1. The van der Waals surface area contributed by atoms with Gasteiger partial charge in [0.05, 0.1) is 0 Å². The Balaban J connectivity index is 2.72. The van der Waals surface area contributed by atoms with E-state index in [4.69, 9.17) is 16.7 Å². The molecule has 1 rings (SSSR count). The van der Waals surface area contributed by atoms with Crippen LogP contribution in [-0.2, 0) is 21.3 Å². The highest BCUT2D eigenvalue weighted by Crippen LogP contribution is 2.20. The summed E-state index contributed by atoms with van der Waals surface area (Å²) in [6.07, 6.45) is 0. The van der Waals surface area contributed by atoms with Crippen molar-refractivity contribution < 1.29 is 14.1 Å². The third-order valence-corrected chi connectivity index (χ3v) is 3.43. The SMILES string of the molecule is O=C(O)CS(=O)Cc1cc(Cl)cc(Br)c1. The predicted molar refractivity (Wildman–Crippen MR) is 63.5 cm³/mol. The van der Waals surface area contributed by atoms with Crippen molar-refractivity contribution in [1.82, 2.24) is 0 Å². The summed E-state index contributed by atoms with van der Waals surface area (Å²) in [5.41, 5.74) is 0.758. The summed E-state index contributed by atoms with van der Waals surface area (Å²) >= 11 is 9.05. The normalized spacial score (nSPS) is 12.4. The maximum absolute atomic E-state index is 11.3. The molecule has 0 amide bonds. The Hall–Kier alpha value is -0.390. The van der Waals surface area contributed by atoms with Gasteiger partial charge in [-0.2, -0.15) is 0 Å². The van der Waals surface area contributed by atoms with Crippen LogP contribution in [-0.4, -0.2) is 21.0 Å². The van der Waals surface area contributed by atoms with Crippen molar-refractivity contribution in [2.45, 2.75) is 5.75 Å². The fourth-order valence-corrected chi connectivity index (χ4v) is 2.92. The largest absolute Gasteiger partial charge is 0.481 e. The summed E-state index contributed by atoms with van der Waals surface area (Å²) < 4.78 is 12.1. The minimum Gasteiger partial charge on any atom is -0.481 e. The second-order valence-electron chi connectivity index (χ2n) is 2.90. The maximum atomic E-state index is 11.3. The number of carbonyl (C=O) groups is 1. The van der Waals surface area contributed by atoms with Crippen molar-refractivity contribution in [3.05, 3.63) is 33.3 Å². The summed E-state index contributed by atoms with van der Waals surface area (Å²) in [6, 6.07) is 5.16. The van der Waals surface area contributed by atoms with Crippen LogP contribution in [0.15, 0.2) is 22.7 Å². The van der Waals surface area contributed by atoms with Gasteiger partial charge >= 0.3 is 5.97 Å². The highest BCUT2D eigenvalue weighted by molar-refractivity contribution is 9.10. The van der Waals surface area contributed by atoms with E-state index in [-0.39, 0.29) is 11.5 Å². The maximum Gasteiger partial charge on any atom is 0.316 e. The molecule has 6 heteroatoms. The Morgan fingerprint density at radius 2 is 2.13 bits per heavy atom. The van der Waals surface area contributed by atoms with Crippen molar-refractivity contribution in [1.29, 1.82) is 0 Å². The molecule has 0 saturated heterocycles. The minimum atomic E-state index is -1.40. The average molecular weight is 312 g/mol. The molecule has 1 unspecified atom stereocenters. The first-order valence-electron chi connectivity index (χ1n) is 3.99. The monoisotopic (exact) mass is 310 g/mol. The molecule has 3 nitrogen and oxygen atoms in total. The second-order valence-corrected chi connectivity index (χ2v) is 5.71. The van der Waals surface area contributed by atoms with Crippen LogP contribution in [0.3, 0.4) is 0 Å². The van der Waals surface area contributed by atoms with E-state index < -0.39 is 16.8 Å². The first kappa shape index (κ1) is 12.7. The number of hydrogen-bond acceptors (Lipinski definition) is 2. The Kier molecular flexibility index (Phi) is 4.76. The van der Waals surface area contributed by atoms with Gasteiger partial charge in [0.15, 0.2) is 0 Å². The smallest absolute Gasteiger partial charge is 0.316 e. The van der Waals surface area contributed by atoms with Crippen LogP contribution >= 0.6 is 27.5 Å². The Morgan fingerprint density at radius 1 is 1.47 bits per heavy atom. The van der Waals surface area contributed by atoms with E-state index in [2.05, 4.69) is 15.9 Å². The molecule has 1 N–H and O–H groups in total. The third kappa shape index (κ3) is 4.77. The van der Waals surface area contributed by atoms with Gasteiger partial charge in [-0.25, -0.2) is 0 Å². The Labute approximate surface area is 103 Å². The van der Waals surface area contributed by atoms with E-state index in [0.717, 1.165) is 10.0 Å². The van der Waals surface area contributed by atoms with Gasteiger partial charge in [0.25, 0.3) is 0 Å². The topological polar surface area (TPSA) is 54.4 Å². The zero-order valence-electron chi connectivity index (χ0n) is 7.57. The van der Waals surface area contributed by atoms with Gasteiger partial charge in [0, 0.05) is 26.0 Å². The van der Waals surface area contributed by atoms with Gasteiger partial charge in [-0.3, -0.25) is 9.00 Å². The molecule has 1 aromatic rings. The van der Waals surface area contributed by atoms with Gasteiger partial charge in [0.1, 0.15) is 5.75 Å². The van der Waals surface area contributed by atoms with Crippen LogP contribution < -0.4 is 0 Å². The molecule has 0 aliphatic heterocycles. The lowest BCUT2D eigenvalue weighted by Crippen LogP contribution is -2.10. The predicted octanol–water partition coefficient (Wildman–Crippen LogP) is 2.44. The van der Waals surface area contributed by atoms with Gasteiger partial charge in [0.2, 0.25) is 0 Å². The van der Waals surface area contributed by atoms with E-state index >= 15 is 0 Å². The van der Waals surface area contributed by atoms with Gasteiger partial charge < -0.3 is 5.11 Å². The fourth-order valence-electron chi connectivity index (χ4n) is 1.07. The molecule has 0 spiro atoms. The molecule has 1 atom stereocenters. The molecule has 0 bridgehead atoms. The molecular weight excluding hydrogens is 304 g/mol. The van der Waals surface area contributed by atoms with Crippen LogP contribution in [0.25, 0.3) is 0 Å². The zero-order chi connectivity index (χ0) is 11.4. The van der Waals surface area contributed by atoms with Crippen molar-refractivity contribution in [2.75, 3.05) is 5.75 Å². The molecule has 82 valence electrons. The molecular formula is C9H8BrClO3S. The first-order valence-corrected chi connectivity index (χ1v) is 6.65. The number of benzene rings is 1. The average Bonchev–Trinajstić information content (AvgIpc) is 1.98. The van der Waals surface area contributed by atoms with Crippen LogP contribution in [0.4, 0.5) is 0 Å². The number of rotatable bonds is 4. The summed E-state index contributed by atoms with van der Waals surface area (Å²) in [6.45, 7) is 0. The quantitative estimate of drug-likeness (QED) is 0.929. The molecule has 0 aliphatic rings. The summed E-state index contributed by atoms with van der Waals surface area (Å²) in [7, 11) is -1.40. The van der Waals surface area contributed by atoms with Crippen molar-refractivity contribution in [3.63, 3.8) is 0 Å². The van der Waals surface area contributed by atoms with Crippen LogP contribution in [0.2, 0.25) is 5.02 Å². The molecule has 0 aliphatic carbocycles. The number of carboxylic acids is 1. The second kappa shape index (κ2) is 5.63. The minimum absolute atomic E-state index is 0.200. The van der Waals surface area contributed by atoms with E-state index in [1.165, 1.54) is 0 Å². The number of aliphatic carboxylic acids is 1. The Morgan fingerprint density at radius 3 is 2.67 bits per heavy atom. The third-order valence-electron chi connectivity index (χ3n) is 1.53. The van der Waals surface area contributed by atoms with Gasteiger partial charge in [-0.1, -0.05) is 27.5 Å². The van der Waals surface area contributed by atoms with E-state index in [9.17, 15) is 9.00 Å². The fraction of sp³-hybridized carbons (Fsp3) is 0.222. The van der Waals surface area contributed by atoms with Crippen LogP contribution in [0.5, 0.6) is 0 Å². The lowest BCUT2D eigenvalue weighted by molar-refractivity contribution is -0.133. The standard InChI is InChI=1S/C9H8BrClO3S/c10-7-1-6(2-8(11)3-7)4-15(14)5-9(12)13/h1-3H,4-5H2,(H,12,13). The number of carboxylic acid groups (broad SMARTS) is 1. The van der Waals surface area contributed by atoms with E-state index in [1.54, 1.807) is 18.2 Å². The van der Waals surface area contributed by atoms with Gasteiger partial charge in [-0.05, 0) is 23.8 Å². The molecule has 0 radical (unpaired) electrons. The highest BCUT2D eigenvalue weighted by Gasteiger charge is 2.07. The highest BCUT2D eigenvalue weighted by atomic mass is 79.9. The molecule has 0 saturated carbocycles. The summed E-state index contributed by atoms with van der Waals surface area (Å²) in [5, 5.41) is 8.98. The lowest BCUT2D eigenvalue weighted by Gasteiger charge is -2.02. The molecule has 15 heavy (non-hydrogen) atoms. The van der Waals surface area contributed by atoms with E-state index in [0.29, 0.717) is 5.02 Å². The zero-order valence-corrected chi connectivity index (χ0v) is 10.7. The van der Waals surface area contributed by atoms with E-state index in [1.807, 2.05) is 0 Å². The molecule has 0 heterocycles. The van der Waals surface area contributed by atoms with Crippen molar-refractivity contribution in [3.8, 4) is 0 Å². The van der Waals surface area contributed by atoms with Crippen LogP contribution in [0, 0.1) is 0 Å². The molecule has 0 aromatic heterocycles. The summed E-state index contributed by atoms with van der Waals surface area (Å²) in [5.74, 6) is -1.20. The van der Waals surface area contributed by atoms with Crippen LogP contribution in [0.1, 0.15) is 5.56 Å². The van der Waals surface area contributed by atoms with Crippen molar-refractivity contribution in [2.24, 2.45) is 0 Å². The first-order chi connectivity index (χ1) is 6.97. The van der Waals surface area contributed by atoms with Crippen molar-refractivity contribution >= 4 is 44.3 Å². The van der Waals surface area contributed by atoms with Gasteiger partial charge in [-0.15, -0.1) is 0 Å². The summed E-state index contributed by atoms with van der Waals surface area (Å²) in [4.78, 5) is 10.3.